The molecule has 1 fully saturated rings. The zero-order valence-electron chi connectivity index (χ0n) is 10.4. The van der Waals surface area contributed by atoms with Crippen molar-refractivity contribution in [3.8, 4) is 0 Å². The summed E-state index contributed by atoms with van der Waals surface area (Å²) >= 11 is 1.87. The van der Waals surface area contributed by atoms with Crippen molar-refractivity contribution in [3.63, 3.8) is 0 Å². The zero-order chi connectivity index (χ0) is 12.0. The third kappa shape index (κ3) is 3.98. The Morgan fingerprint density at radius 2 is 2.31 bits per heavy atom. The first kappa shape index (κ1) is 13.8. The second kappa shape index (κ2) is 7.17. The van der Waals surface area contributed by atoms with E-state index < -0.39 is 0 Å². The maximum atomic E-state index is 12.0. The van der Waals surface area contributed by atoms with Gasteiger partial charge in [0.05, 0.1) is 0 Å². The molecule has 0 spiro atoms. The van der Waals surface area contributed by atoms with E-state index in [2.05, 4.69) is 19.2 Å². The summed E-state index contributed by atoms with van der Waals surface area (Å²) in [5.74, 6) is 2.90. The molecule has 3 nitrogen and oxygen atoms in total. The molecule has 3 atom stereocenters. The van der Waals surface area contributed by atoms with Crippen molar-refractivity contribution in [3.05, 3.63) is 0 Å². The third-order valence-electron chi connectivity index (χ3n) is 3.26. The van der Waals surface area contributed by atoms with Gasteiger partial charge in [0.25, 0.3) is 0 Å². The highest BCUT2D eigenvalue weighted by molar-refractivity contribution is 7.99. The van der Waals surface area contributed by atoms with Crippen LogP contribution in [0, 0.1) is 11.8 Å². The van der Waals surface area contributed by atoms with Crippen LogP contribution in [-0.4, -0.2) is 30.0 Å². The molecule has 1 aliphatic rings. The summed E-state index contributed by atoms with van der Waals surface area (Å²) in [7, 11) is 0. The lowest BCUT2D eigenvalue weighted by atomic mass is 9.95. The molecule has 0 aromatic heterocycles. The summed E-state index contributed by atoms with van der Waals surface area (Å²) in [5.41, 5.74) is 5.69. The quantitative estimate of drug-likeness (QED) is 0.746. The fraction of sp³-hybridized carbons (Fsp3) is 0.917. The number of amides is 1. The number of nitrogens with two attached hydrogens (primary N) is 1. The van der Waals surface area contributed by atoms with Crippen LogP contribution in [-0.2, 0) is 4.79 Å². The average molecular weight is 244 g/mol. The van der Waals surface area contributed by atoms with Gasteiger partial charge in [0.2, 0.25) is 5.91 Å². The van der Waals surface area contributed by atoms with Gasteiger partial charge in [-0.3, -0.25) is 4.79 Å². The molecule has 1 rings (SSSR count). The molecule has 3 unspecified atom stereocenters. The molecule has 0 bridgehead atoms. The van der Waals surface area contributed by atoms with Crippen LogP contribution in [0.4, 0.5) is 0 Å². The monoisotopic (exact) mass is 244 g/mol. The molecule has 0 aliphatic heterocycles. The second-order valence-electron chi connectivity index (χ2n) is 4.60. The van der Waals surface area contributed by atoms with Crippen LogP contribution in [0.2, 0.25) is 0 Å². The molecule has 1 saturated carbocycles. The van der Waals surface area contributed by atoms with E-state index in [4.69, 9.17) is 5.73 Å². The predicted octanol–water partition coefficient (Wildman–Crippen LogP) is 1.62. The van der Waals surface area contributed by atoms with Crippen molar-refractivity contribution in [2.24, 2.45) is 17.6 Å². The molecule has 0 heterocycles. The molecule has 0 radical (unpaired) electrons. The number of hydrogen-bond donors (Lipinski definition) is 2. The Balaban J connectivity index is 2.33. The molecular formula is C12H24N2OS. The summed E-state index contributed by atoms with van der Waals surface area (Å²) in [6.45, 7) is 4.86. The van der Waals surface area contributed by atoms with Crippen molar-refractivity contribution in [2.45, 2.75) is 39.2 Å². The Labute approximate surface area is 103 Å². The topological polar surface area (TPSA) is 55.1 Å². The first-order valence-corrected chi connectivity index (χ1v) is 7.42. The summed E-state index contributed by atoms with van der Waals surface area (Å²) in [5, 5.41) is 3.11. The van der Waals surface area contributed by atoms with Gasteiger partial charge in [0.15, 0.2) is 0 Å². The van der Waals surface area contributed by atoms with E-state index >= 15 is 0 Å². The standard InChI is InChI=1S/C12H24N2OS/c1-3-16-8-9(2)14-12(15)11-6-4-5-10(11)7-13/h9-11H,3-8,13H2,1-2H3,(H,14,15). The number of carbonyl (C=O) groups is 1. The minimum atomic E-state index is 0.166. The minimum absolute atomic E-state index is 0.166. The van der Waals surface area contributed by atoms with Crippen molar-refractivity contribution in [1.82, 2.24) is 5.32 Å². The number of nitrogens with one attached hydrogen (secondary N) is 1. The lowest BCUT2D eigenvalue weighted by Crippen LogP contribution is -2.40. The zero-order valence-corrected chi connectivity index (χ0v) is 11.2. The van der Waals surface area contributed by atoms with E-state index in [1.54, 1.807) is 0 Å². The van der Waals surface area contributed by atoms with Crippen LogP contribution >= 0.6 is 11.8 Å². The van der Waals surface area contributed by atoms with Gasteiger partial charge in [0.1, 0.15) is 0 Å². The van der Waals surface area contributed by atoms with E-state index in [9.17, 15) is 4.79 Å². The lowest BCUT2D eigenvalue weighted by molar-refractivity contribution is -0.126. The predicted molar refractivity (Wildman–Crippen MR) is 70.5 cm³/mol. The van der Waals surface area contributed by atoms with Crippen molar-refractivity contribution < 1.29 is 4.79 Å². The molecule has 1 aliphatic carbocycles. The largest absolute Gasteiger partial charge is 0.353 e. The molecule has 16 heavy (non-hydrogen) atoms. The highest BCUT2D eigenvalue weighted by atomic mass is 32.2. The van der Waals surface area contributed by atoms with Gasteiger partial charge in [0, 0.05) is 17.7 Å². The Kier molecular flexibility index (Phi) is 6.21. The van der Waals surface area contributed by atoms with E-state index in [0.717, 1.165) is 30.8 Å². The van der Waals surface area contributed by atoms with Crippen molar-refractivity contribution >= 4 is 17.7 Å². The van der Waals surface area contributed by atoms with Gasteiger partial charge >= 0.3 is 0 Å². The Hall–Kier alpha value is -0.220. The van der Waals surface area contributed by atoms with E-state index in [0.29, 0.717) is 12.5 Å². The SMILES string of the molecule is CCSCC(C)NC(=O)C1CCCC1CN. The number of hydrogen-bond acceptors (Lipinski definition) is 3. The summed E-state index contributed by atoms with van der Waals surface area (Å²) in [6.07, 6.45) is 3.28. The van der Waals surface area contributed by atoms with Gasteiger partial charge in [-0.2, -0.15) is 11.8 Å². The van der Waals surface area contributed by atoms with Crippen LogP contribution in [0.15, 0.2) is 0 Å². The van der Waals surface area contributed by atoms with Gasteiger partial charge in [-0.15, -0.1) is 0 Å². The van der Waals surface area contributed by atoms with Gasteiger partial charge in [-0.25, -0.2) is 0 Å². The first-order chi connectivity index (χ1) is 7.69. The highest BCUT2D eigenvalue weighted by Crippen LogP contribution is 2.31. The molecule has 0 aromatic carbocycles. The van der Waals surface area contributed by atoms with Crippen LogP contribution in [0.5, 0.6) is 0 Å². The lowest BCUT2D eigenvalue weighted by Gasteiger charge is -2.20. The third-order valence-corrected chi connectivity index (χ3v) is 4.40. The van der Waals surface area contributed by atoms with Gasteiger partial charge in [-0.1, -0.05) is 13.3 Å². The van der Waals surface area contributed by atoms with E-state index in [1.165, 1.54) is 0 Å². The highest BCUT2D eigenvalue weighted by Gasteiger charge is 2.32. The van der Waals surface area contributed by atoms with E-state index in [1.807, 2.05) is 11.8 Å². The Bertz CT molecular complexity index is 223. The van der Waals surface area contributed by atoms with E-state index in [-0.39, 0.29) is 17.9 Å². The molecule has 0 aromatic rings. The average Bonchev–Trinajstić information content (AvgIpc) is 2.74. The van der Waals surface area contributed by atoms with Crippen LogP contribution < -0.4 is 11.1 Å². The fourth-order valence-corrected chi connectivity index (χ4v) is 3.02. The Morgan fingerprint density at radius 3 is 2.94 bits per heavy atom. The smallest absolute Gasteiger partial charge is 0.223 e. The second-order valence-corrected chi connectivity index (χ2v) is 5.92. The maximum absolute atomic E-state index is 12.0. The summed E-state index contributed by atoms with van der Waals surface area (Å²) < 4.78 is 0. The van der Waals surface area contributed by atoms with Crippen molar-refractivity contribution in [2.75, 3.05) is 18.1 Å². The maximum Gasteiger partial charge on any atom is 0.223 e. The number of carbonyl (C=O) groups excluding carboxylic acids is 1. The van der Waals surface area contributed by atoms with Crippen LogP contribution in [0.25, 0.3) is 0 Å². The van der Waals surface area contributed by atoms with Gasteiger partial charge < -0.3 is 11.1 Å². The minimum Gasteiger partial charge on any atom is -0.353 e. The molecule has 0 saturated heterocycles. The van der Waals surface area contributed by atoms with Crippen LogP contribution in [0.1, 0.15) is 33.1 Å². The Morgan fingerprint density at radius 1 is 1.56 bits per heavy atom. The van der Waals surface area contributed by atoms with Crippen LogP contribution in [0.3, 0.4) is 0 Å². The van der Waals surface area contributed by atoms with Crippen molar-refractivity contribution in [1.29, 1.82) is 0 Å². The fourth-order valence-electron chi connectivity index (χ4n) is 2.35. The summed E-state index contributed by atoms with van der Waals surface area (Å²) in [4.78, 5) is 12.0. The summed E-state index contributed by atoms with van der Waals surface area (Å²) in [6, 6.07) is 0.275. The first-order valence-electron chi connectivity index (χ1n) is 6.27. The molecule has 4 heteroatoms. The normalized spacial score (nSPS) is 26.7. The molecule has 94 valence electrons. The number of rotatable bonds is 6. The molecular weight excluding hydrogens is 220 g/mol. The number of thioether (sulfide) groups is 1. The molecule has 3 N–H and O–H groups in total. The molecule has 1 amide bonds. The van der Waals surface area contributed by atoms with Gasteiger partial charge in [-0.05, 0) is 38.0 Å².